The maximum Gasteiger partial charge on any atom is 0.419 e. The van der Waals surface area contributed by atoms with Crippen molar-refractivity contribution in [3.8, 4) is 5.75 Å². The van der Waals surface area contributed by atoms with E-state index in [1.807, 2.05) is 0 Å². The fourth-order valence-electron chi connectivity index (χ4n) is 3.93. The van der Waals surface area contributed by atoms with Gasteiger partial charge in [0, 0.05) is 35.9 Å². The number of rotatable bonds is 7. The molecule has 0 aliphatic heterocycles. The van der Waals surface area contributed by atoms with Crippen molar-refractivity contribution >= 4 is 10.8 Å². The first kappa shape index (κ1) is 23.3. The molecule has 1 aliphatic rings. The Labute approximate surface area is 185 Å². The molecular formula is C23H21F5N2O3. The molecule has 4 rings (SSSR count). The Bertz CT molecular complexity index is 1150. The second-order valence-electron chi connectivity index (χ2n) is 7.97. The molecule has 2 aromatic carbocycles. The molecule has 1 aromatic heterocycles. The Balaban J connectivity index is 1.39. The number of alkyl halides is 3. The first-order chi connectivity index (χ1) is 15.7. The molecule has 0 radical (unpaired) electrons. The molecule has 0 saturated heterocycles. The van der Waals surface area contributed by atoms with Gasteiger partial charge in [-0.25, -0.2) is 8.78 Å². The van der Waals surface area contributed by atoms with Gasteiger partial charge in [0.05, 0.1) is 12.2 Å². The summed E-state index contributed by atoms with van der Waals surface area (Å²) in [5.41, 5.74) is -0.754. The van der Waals surface area contributed by atoms with Gasteiger partial charge in [0.25, 0.3) is 0 Å². The molecule has 1 aliphatic carbocycles. The third kappa shape index (κ3) is 4.92. The number of ether oxygens (including phenoxy) is 1. The third-order valence-corrected chi connectivity index (χ3v) is 5.77. The molecule has 176 valence electrons. The van der Waals surface area contributed by atoms with Crippen molar-refractivity contribution in [2.75, 3.05) is 6.61 Å². The maximum absolute atomic E-state index is 14.8. The summed E-state index contributed by atoms with van der Waals surface area (Å²) in [5.74, 6) is -1.96. The summed E-state index contributed by atoms with van der Waals surface area (Å²) < 4.78 is 72.3. The van der Waals surface area contributed by atoms with Crippen LogP contribution in [0.15, 0.2) is 42.7 Å². The Morgan fingerprint density at radius 3 is 2.55 bits per heavy atom. The lowest BCUT2D eigenvalue weighted by Gasteiger charge is -2.36. The molecular weight excluding hydrogens is 447 g/mol. The Kier molecular flexibility index (Phi) is 6.51. The normalized spacial score (nSPS) is 19.4. The molecule has 1 unspecified atom stereocenters. The van der Waals surface area contributed by atoms with Crippen LogP contribution in [-0.2, 0) is 12.7 Å². The smallest absolute Gasteiger partial charge is 0.419 e. The third-order valence-electron chi connectivity index (χ3n) is 5.77. The summed E-state index contributed by atoms with van der Waals surface area (Å²) >= 11 is 0. The van der Waals surface area contributed by atoms with Gasteiger partial charge in [0.2, 0.25) is 0 Å². The van der Waals surface area contributed by atoms with E-state index in [0.29, 0.717) is 35.2 Å². The van der Waals surface area contributed by atoms with Crippen molar-refractivity contribution < 1.29 is 36.9 Å². The zero-order chi connectivity index (χ0) is 23.8. The Hall–Kier alpha value is -2.82. The molecule has 5 nitrogen and oxygen atoms in total. The number of pyridine rings is 1. The predicted octanol–water partition coefficient (Wildman–Crippen LogP) is 4.26. The number of hydrogen-bond acceptors (Lipinski definition) is 5. The topological polar surface area (TPSA) is 74.6 Å². The Morgan fingerprint density at radius 2 is 1.85 bits per heavy atom. The van der Waals surface area contributed by atoms with E-state index >= 15 is 0 Å². The van der Waals surface area contributed by atoms with Crippen molar-refractivity contribution in [1.82, 2.24) is 10.3 Å². The Morgan fingerprint density at radius 1 is 1.09 bits per heavy atom. The standard InChI is InChI=1S/C23H21F5N2O3/c24-20-2-1-13(7-19(20)23(26,27)28)33-14-5-12(6-14)30-10-18-15-3-4-29-9-17(15)16(8-21(18)25)22(32)11-31/h1-4,7-9,12,14,22,30-32H,5-6,10-11H2/t12-,14-,22?. The van der Waals surface area contributed by atoms with Crippen molar-refractivity contribution in [3.63, 3.8) is 0 Å². The van der Waals surface area contributed by atoms with Crippen LogP contribution < -0.4 is 10.1 Å². The summed E-state index contributed by atoms with van der Waals surface area (Å²) in [4.78, 5) is 4.01. The second kappa shape index (κ2) is 9.20. The van der Waals surface area contributed by atoms with E-state index in [0.717, 1.165) is 12.1 Å². The number of nitrogens with zero attached hydrogens (tertiary/aromatic N) is 1. The van der Waals surface area contributed by atoms with Crippen LogP contribution in [0.1, 0.15) is 35.6 Å². The number of hydrogen-bond donors (Lipinski definition) is 3. The molecule has 3 aromatic rings. The highest BCUT2D eigenvalue weighted by molar-refractivity contribution is 5.88. The summed E-state index contributed by atoms with van der Waals surface area (Å²) in [6, 6.07) is 5.30. The average Bonchev–Trinajstić information content (AvgIpc) is 2.75. The largest absolute Gasteiger partial charge is 0.490 e. The van der Waals surface area contributed by atoms with Gasteiger partial charge in [0.1, 0.15) is 29.6 Å². The maximum atomic E-state index is 14.8. The first-order valence-corrected chi connectivity index (χ1v) is 10.3. The molecule has 3 N–H and O–H groups in total. The van der Waals surface area contributed by atoms with Crippen LogP contribution in [0, 0.1) is 11.6 Å². The lowest BCUT2D eigenvalue weighted by atomic mass is 9.88. The van der Waals surface area contributed by atoms with Crippen LogP contribution >= 0.6 is 0 Å². The molecule has 10 heteroatoms. The molecule has 0 amide bonds. The van der Waals surface area contributed by atoms with Gasteiger partial charge >= 0.3 is 6.18 Å². The van der Waals surface area contributed by atoms with Gasteiger partial charge in [-0.05, 0) is 54.1 Å². The minimum Gasteiger partial charge on any atom is -0.490 e. The first-order valence-electron chi connectivity index (χ1n) is 10.3. The van der Waals surface area contributed by atoms with E-state index < -0.39 is 36.1 Å². The summed E-state index contributed by atoms with van der Waals surface area (Å²) in [5, 5.41) is 23.5. The van der Waals surface area contributed by atoms with Crippen LogP contribution in [0.4, 0.5) is 22.0 Å². The fourth-order valence-corrected chi connectivity index (χ4v) is 3.93. The number of halogens is 5. The molecule has 1 atom stereocenters. The van der Waals surface area contributed by atoms with E-state index in [1.165, 1.54) is 18.5 Å². The van der Waals surface area contributed by atoms with E-state index in [2.05, 4.69) is 10.3 Å². The molecule has 1 heterocycles. The lowest BCUT2D eigenvalue weighted by molar-refractivity contribution is -0.140. The second-order valence-corrected chi connectivity index (χ2v) is 7.97. The highest BCUT2D eigenvalue weighted by Crippen LogP contribution is 2.35. The van der Waals surface area contributed by atoms with E-state index in [9.17, 15) is 32.2 Å². The predicted molar refractivity (Wildman–Crippen MR) is 109 cm³/mol. The zero-order valence-electron chi connectivity index (χ0n) is 17.2. The van der Waals surface area contributed by atoms with Crippen molar-refractivity contribution in [2.45, 2.75) is 43.8 Å². The number of aliphatic hydroxyl groups excluding tert-OH is 2. The van der Waals surface area contributed by atoms with Gasteiger partial charge in [-0.2, -0.15) is 13.2 Å². The van der Waals surface area contributed by atoms with Gasteiger partial charge < -0.3 is 20.3 Å². The zero-order valence-corrected chi connectivity index (χ0v) is 17.2. The van der Waals surface area contributed by atoms with E-state index in [4.69, 9.17) is 4.74 Å². The van der Waals surface area contributed by atoms with Gasteiger partial charge in [-0.15, -0.1) is 0 Å². The minimum atomic E-state index is -4.81. The highest BCUT2D eigenvalue weighted by Gasteiger charge is 2.36. The average molecular weight is 468 g/mol. The molecule has 0 bridgehead atoms. The van der Waals surface area contributed by atoms with E-state index in [-0.39, 0.29) is 30.0 Å². The molecule has 33 heavy (non-hydrogen) atoms. The minimum absolute atomic E-state index is 0.0449. The lowest BCUT2D eigenvalue weighted by Crippen LogP contribution is -2.46. The molecule has 1 saturated carbocycles. The van der Waals surface area contributed by atoms with Crippen molar-refractivity contribution in [1.29, 1.82) is 0 Å². The monoisotopic (exact) mass is 468 g/mol. The van der Waals surface area contributed by atoms with Crippen LogP contribution in [0.3, 0.4) is 0 Å². The van der Waals surface area contributed by atoms with Crippen molar-refractivity contribution in [2.24, 2.45) is 0 Å². The highest BCUT2D eigenvalue weighted by atomic mass is 19.4. The summed E-state index contributed by atoms with van der Waals surface area (Å²) in [6.07, 6.45) is -2.41. The van der Waals surface area contributed by atoms with E-state index in [1.54, 1.807) is 6.07 Å². The van der Waals surface area contributed by atoms with Gasteiger partial charge in [-0.1, -0.05) is 0 Å². The number of aromatic nitrogens is 1. The number of fused-ring (bicyclic) bond motifs is 1. The van der Waals surface area contributed by atoms with Crippen molar-refractivity contribution in [3.05, 3.63) is 71.1 Å². The summed E-state index contributed by atoms with van der Waals surface area (Å²) in [6.45, 7) is -0.378. The van der Waals surface area contributed by atoms with Crippen LogP contribution in [0.25, 0.3) is 10.8 Å². The summed E-state index contributed by atoms with van der Waals surface area (Å²) in [7, 11) is 0. The number of benzene rings is 2. The fraction of sp³-hybridized carbons (Fsp3) is 0.348. The van der Waals surface area contributed by atoms with Crippen LogP contribution in [-0.4, -0.2) is 33.9 Å². The number of nitrogens with one attached hydrogen (secondary N) is 1. The SMILES string of the molecule is OCC(O)c1cc(F)c(CN[C@H]2C[C@H](Oc3ccc(F)c(C(F)(F)F)c3)C2)c2ccncc12. The quantitative estimate of drug-likeness (QED) is 0.452. The van der Waals surface area contributed by atoms with Crippen LogP contribution in [0.5, 0.6) is 5.75 Å². The molecule has 1 fully saturated rings. The molecule has 0 spiro atoms. The van der Waals surface area contributed by atoms with Gasteiger partial charge in [-0.3, -0.25) is 4.98 Å². The van der Waals surface area contributed by atoms with Crippen LogP contribution in [0.2, 0.25) is 0 Å². The van der Waals surface area contributed by atoms with Gasteiger partial charge in [0.15, 0.2) is 0 Å². The number of aliphatic hydroxyl groups is 2.